The standard InChI is InChI=1S/C26H23NO4/c28-25(29)15-27(24-14-13-17-7-1-2-8-18(17)24)26(30)31-16-23-21-11-5-3-9-19(21)20-10-4-6-12-22(20)23/h1-12,23-24H,13-16H2,(H,28,29). The minimum atomic E-state index is -1.04. The van der Waals surface area contributed by atoms with Gasteiger partial charge >= 0.3 is 12.1 Å². The lowest BCUT2D eigenvalue weighted by atomic mass is 9.98. The van der Waals surface area contributed by atoms with Gasteiger partial charge in [0.25, 0.3) is 0 Å². The second-order valence-corrected chi connectivity index (χ2v) is 8.08. The Hall–Kier alpha value is -3.60. The van der Waals surface area contributed by atoms with E-state index in [1.165, 1.54) is 4.90 Å². The second kappa shape index (κ2) is 7.91. The number of ether oxygens (including phenoxy) is 1. The van der Waals surface area contributed by atoms with Gasteiger partial charge in [0.1, 0.15) is 13.2 Å². The fraction of sp³-hybridized carbons (Fsp3) is 0.231. The van der Waals surface area contributed by atoms with Gasteiger partial charge in [-0.3, -0.25) is 9.69 Å². The van der Waals surface area contributed by atoms with Crippen molar-refractivity contribution in [3.8, 4) is 11.1 Å². The van der Waals surface area contributed by atoms with E-state index in [0.29, 0.717) is 6.42 Å². The van der Waals surface area contributed by atoms with Gasteiger partial charge in [-0.15, -0.1) is 0 Å². The fourth-order valence-corrected chi connectivity index (χ4v) is 4.98. The third-order valence-electron chi connectivity index (χ3n) is 6.35. The molecular formula is C26H23NO4. The van der Waals surface area contributed by atoms with Crippen molar-refractivity contribution in [1.29, 1.82) is 0 Å². The molecule has 1 N–H and O–H groups in total. The van der Waals surface area contributed by atoms with Crippen LogP contribution in [-0.2, 0) is 16.0 Å². The number of carboxylic acid groups (broad SMARTS) is 1. The number of carbonyl (C=O) groups is 2. The Morgan fingerprint density at radius 2 is 1.45 bits per heavy atom. The molecule has 0 spiro atoms. The summed E-state index contributed by atoms with van der Waals surface area (Å²) < 4.78 is 5.75. The number of fused-ring (bicyclic) bond motifs is 4. The zero-order valence-corrected chi connectivity index (χ0v) is 17.0. The number of benzene rings is 3. The highest BCUT2D eigenvalue weighted by molar-refractivity contribution is 5.80. The minimum absolute atomic E-state index is 0.0566. The molecule has 3 aromatic carbocycles. The average Bonchev–Trinajstić information content (AvgIpc) is 3.35. The van der Waals surface area contributed by atoms with Gasteiger partial charge < -0.3 is 9.84 Å². The molecule has 0 fully saturated rings. The first-order valence-corrected chi connectivity index (χ1v) is 10.5. The number of hydrogen-bond donors (Lipinski definition) is 1. The van der Waals surface area contributed by atoms with Crippen molar-refractivity contribution in [2.24, 2.45) is 0 Å². The summed E-state index contributed by atoms with van der Waals surface area (Å²) in [7, 11) is 0. The number of hydrogen-bond acceptors (Lipinski definition) is 3. The normalized spacial score (nSPS) is 16.3. The summed E-state index contributed by atoms with van der Waals surface area (Å²) in [6.07, 6.45) is 0.954. The smallest absolute Gasteiger partial charge is 0.410 e. The maximum Gasteiger partial charge on any atom is 0.410 e. The van der Waals surface area contributed by atoms with Crippen LogP contribution in [-0.4, -0.2) is 35.2 Å². The molecule has 0 saturated carbocycles. The highest BCUT2D eigenvalue weighted by Gasteiger charge is 2.35. The molecular weight excluding hydrogens is 390 g/mol. The Bertz CT molecular complexity index is 1110. The van der Waals surface area contributed by atoms with Crippen LogP contribution in [0.15, 0.2) is 72.8 Å². The van der Waals surface area contributed by atoms with E-state index < -0.39 is 12.1 Å². The van der Waals surface area contributed by atoms with Gasteiger partial charge in [-0.25, -0.2) is 4.79 Å². The average molecular weight is 413 g/mol. The lowest BCUT2D eigenvalue weighted by Gasteiger charge is -2.28. The van der Waals surface area contributed by atoms with Crippen LogP contribution in [0.25, 0.3) is 11.1 Å². The summed E-state index contributed by atoms with van der Waals surface area (Å²) in [5.74, 6) is -1.10. The molecule has 5 nitrogen and oxygen atoms in total. The van der Waals surface area contributed by atoms with Crippen molar-refractivity contribution in [3.63, 3.8) is 0 Å². The second-order valence-electron chi connectivity index (χ2n) is 8.08. The van der Waals surface area contributed by atoms with Gasteiger partial charge in [-0.1, -0.05) is 72.8 Å². The quantitative estimate of drug-likeness (QED) is 0.639. The van der Waals surface area contributed by atoms with Gasteiger partial charge in [0.15, 0.2) is 0 Å². The molecule has 2 aliphatic carbocycles. The van der Waals surface area contributed by atoms with Crippen molar-refractivity contribution in [1.82, 2.24) is 4.90 Å². The predicted octanol–water partition coefficient (Wildman–Crippen LogP) is 5.01. The lowest BCUT2D eigenvalue weighted by molar-refractivity contribution is -0.138. The SMILES string of the molecule is O=C(O)CN(C(=O)OCC1c2ccccc2-c2ccccc21)C1CCc2ccccc21. The van der Waals surface area contributed by atoms with E-state index >= 15 is 0 Å². The van der Waals surface area contributed by atoms with E-state index in [2.05, 4.69) is 24.3 Å². The Morgan fingerprint density at radius 1 is 0.871 bits per heavy atom. The van der Waals surface area contributed by atoms with Crippen LogP contribution in [0.5, 0.6) is 0 Å². The van der Waals surface area contributed by atoms with Crippen LogP contribution in [0.3, 0.4) is 0 Å². The molecule has 0 aliphatic heterocycles. The summed E-state index contributed by atoms with van der Waals surface area (Å²) in [6, 6.07) is 23.9. The molecule has 0 saturated heterocycles. The van der Waals surface area contributed by atoms with Gasteiger partial charge in [0.2, 0.25) is 0 Å². The first kappa shape index (κ1) is 19.4. The van der Waals surface area contributed by atoms with Gasteiger partial charge in [0.05, 0.1) is 6.04 Å². The zero-order valence-electron chi connectivity index (χ0n) is 17.0. The van der Waals surface area contributed by atoms with Gasteiger partial charge in [-0.2, -0.15) is 0 Å². The van der Waals surface area contributed by atoms with Crippen LogP contribution < -0.4 is 0 Å². The number of carbonyl (C=O) groups excluding carboxylic acids is 1. The Kier molecular flexibility index (Phi) is 4.94. The number of amides is 1. The first-order chi connectivity index (χ1) is 15.1. The molecule has 5 rings (SSSR count). The first-order valence-electron chi connectivity index (χ1n) is 10.5. The molecule has 0 heterocycles. The van der Waals surface area contributed by atoms with Crippen LogP contribution in [0, 0.1) is 0 Å². The number of nitrogens with zero attached hydrogens (tertiary/aromatic N) is 1. The van der Waals surface area contributed by atoms with Crippen LogP contribution in [0.4, 0.5) is 4.79 Å². The van der Waals surface area contributed by atoms with Crippen molar-refractivity contribution in [2.45, 2.75) is 24.8 Å². The molecule has 156 valence electrons. The number of rotatable bonds is 5. The van der Waals surface area contributed by atoms with Crippen molar-refractivity contribution < 1.29 is 19.4 Å². The van der Waals surface area contributed by atoms with Crippen LogP contribution in [0.1, 0.15) is 40.6 Å². The summed E-state index contributed by atoms with van der Waals surface area (Å²) in [4.78, 5) is 26.0. The maximum absolute atomic E-state index is 13.1. The topological polar surface area (TPSA) is 66.8 Å². The van der Waals surface area contributed by atoms with Crippen molar-refractivity contribution in [3.05, 3.63) is 95.1 Å². The van der Waals surface area contributed by atoms with Crippen LogP contribution in [0.2, 0.25) is 0 Å². The van der Waals surface area contributed by atoms with E-state index in [4.69, 9.17) is 4.74 Å². The number of carboxylic acids is 1. The molecule has 5 heteroatoms. The fourth-order valence-electron chi connectivity index (χ4n) is 4.98. The summed E-state index contributed by atoms with van der Waals surface area (Å²) in [5, 5.41) is 9.43. The molecule has 3 aromatic rings. The highest BCUT2D eigenvalue weighted by Crippen LogP contribution is 2.44. The van der Waals surface area contributed by atoms with E-state index in [1.807, 2.05) is 48.5 Å². The Balaban J connectivity index is 1.38. The molecule has 1 unspecified atom stereocenters. The lowest BCUT2D eigenvalue weighted by Crippen LogP contribution is -2.39. The molecule has 2 aliphatic rings. The van der Waals surface area contributed by atoms with E-state index in [9.17, 15) is 14.7 Å². The Morgan fingerprint density at radius 3 is 2.10 bits per heavy atom. The van der Waals surface area contributed by atoms with Gasteiger partial charge in [-0.05, 0) is 46.2 Å². The maximum atomic E-state index is 13.1. The van der Waals surface area contributed by atoms with E-state index in [0.717, 1.165) is 39.8 Å². The summed E-state index contributed by atoms with van der Waals surface area (Å²) in [5.41, 5.74) is 6.75. The molecule has 0 bridgehead atoms. The predicted molar refractivity (Wildman–Crippen MR) is 117 cm³/mol. The minimum Gasteiger partial charge on any atom is -0.480 e. The van der Waals surface area contributed by atoms with Crippen molar-refractivity contribution in [2.75, 3.05) is 13.2 Å². The van der Waals surface area contributed by atoms with Crippen molar-refractivity contribution >= 4 is 12.1 Å². The number of aliphatic carboxylic acids is 1. The van der Waals surface area contributed by atoms with Crippen LogP contribution >= 0.6 is 0 Å². The largest absolute Gasteiger partial charge is 0.480 e. The molecule has 31 heavy (non-hydrogen) atoms. The van der Waals surface area contributed by atoms with E-state index in [-0.39, 0.29) is 25.1 Å². The third kappa shape index (κ3) is 3.46. The third-order valence-corrected chi connectivity index (χ3v) is 6.35. The summed E-state index contributed by atoms with van der Waals surface area (Å²) >= 11 is 0. The molecule has 1 atom stereocenters. The molecule has 0 radical (unpaired) electrons. The van der Waals surface area contributed by atoms with E-state index in [1.54, 1.807) is 0 Å². The molecule has 0 aromatic heterocycles. The summed E-state index contributed by atoms with van der Waals surface area (Å²) in [6.45, 7) is -0.201. The zero-order chi connectivity index (χ0) is 21.4. The monoisotopic (exact) mass is 413 g/mol. The Labute approximate surface area is 180 Å². The molecule has 1 amide bonds. The highest BCUT2D eigenvalue weighted by atomic mass is 16.6. The number of aryl methyl sites for hydroxylation is 1. The van der Waals surface area contributed by atoms with Gasteiger partial charge in [0, 0.05) is 5.92 Å².